The molecule has 0 spiro atoms. The molecule has 25 heavy (non-hydrogen) atoms. The minimum Gasteiger partial charge on any atom is -0.354 e. The largest absolute Gasteiger partial charge is 0.354 e. The molecule has 2 saturated heterocycles. The van der Waals surface area contributed by atoms with E-state index >= 15 is 0 Å². The Morgan fingerprint density at radius 3 is 2.72 bits per heavy atom. The Balaban J connectivity index is 1.57. The molecule has 4 nitrogen and oxygen atoms in total. The SMILES string of the molecule is CC1(CNC(=O)C2CCCCN2Cc2ccc(F)cc2)CCNCC1. The molecular weight excluding hydrogens is 317 g/mol. The lowest BCUT2D eigenvalue weighted by atomic mass is 9.81. The predicted molar refractivity (Wildman–Crippen MR) is 97.7 cm³/mol. The summed E-state index contributed by atoms with van der Waals surface area (Å²) < 4.78 is 13.1. The summed E-state index contributed by atoms with van der Waals surface area (Å²) >= 11 is 0. The first-order valence-corrected chi connectivity index (χ1v) is 9.53. The molecule has 138 valence electrons. The molecule has 0 radical (unpaired) electrons. The molecule has 0 bridgehead atoms. The van der Waals surface area contributed by atoms with Gasteiger partial charge < -0.3 is 10.6 Å². The molecule has 2 N–H and O–H groups in total. The summed E-state index contributed by atoms with van der Waals surface area (Å²) in [6, 6.07) is 6.55. The molecule has 5 heteroatoms. The topological polar surface area (TPSA) is 44.4 Å². The van der Waals surface area contributed by atoms with E-state index in [4.69, 9.17) is 0 Å². The van der Waals surface area contributed by atoms with Crippen molar-refractivity contribution in [1.29, 1.82) is 0 Å². The Morgan fingerprint density at radius 1 is 1.28 bits per heavy atom. The molecule has 2 heterocycles. The maximum atomic E-state index is 13.1. The van der Waals surface area contributed by atoms with Gasteiger partial charge >= 0.3 is 0 Å². The van der Waals surface area contributed by atoms with Gasteiger partial charge in [-0.3, -0.25) is 9.69 Å². The molecule has 1 atom stereocenters. The lowest BCUT2D eigenvalue weighted by Crippen LogP contribution is -2.51. The van der Waals surface area contributed by atoms with Crippen molar-refractivity contribution in [3.8, 4) is 0 Å². The summed E-state index contributed by atoms with van der Waals surface area (Å²) in [5, 5.41) is 6.60. The van der Waals surface area contributed by atoms with E-state index in [1.165, 1.54) is 12.1 Å². The van der Waals surface area contributed by atoms with Crippen molar-refractivity contribution in [1.82, 2.24) is 15.5 Å². The highest BCUT2D eigenvalue weighted by Gasteiger charge is 2.31. The van der Waals surface area contributed by atoms with Crippen LogP contribution in [-0.2, 0) is 11.3 Å². The van der Waals surface area contributed by atoms with Gasteiger partial charge in [-0.1, -0.05) is 25.5 Å². The molecule has 2 fully saturated rings. The third-order valence-corrected chi connectivity index (χ3v) is 5.72. The summed E-state index contributed by atoms with van der Waals surface area (Å²) in [6.07, 6.45) is 5.34. The molecule has 0 saturated carbocycles. The number of halogens is 1. The van der Waals surface area contributed by atoms with Crippen LogP contribution in [0.3, 0.4) is 0 Å². The summed E-state index contributed by atoms with van der Waals surface area (Å²) in [6.45, 7) is 6.73. The van der Waals surface area contributed by atoms with Gasteiger partial charge in [0.05, 0.1) is 6.04 Å². The summed E-state index contributed by atoms with van der Waals surface area (Å²) in [5.74, 6) is -0.0616. The monoisotopic (exact) mass is 347 g/mol. The highest BCUT2D eigenvalue weighted by atomic mass is 19.1. The van der Waals surface area contributed by atoms with E-state index in [9.17, 15) is 9.18 Å². The first-order chi connectivity index (χ1) is 12.1. The molecule has 0 aromatic heterocycles. The highest BCUT2D eigenvalue weighted by Crippen LogP contribution is 2.27. The summed E-state index contributed by atoms with van der Waals surface area (Å²) in [5.41, 5.74) is 1.27. The summed E-state index contributed by atoms with van der Waals surface area (Å²) in [4.78, 5) is 15.1. The van der Waals surface area contributed by atoms with Crippen LogP contribution in [0.25, 0.3) is 0 Å². The van der Waals surface area contributed by atoms with Gasteiger partial charge in [-0.05, 0) is 68.4 Å². The minimum atomic E-state index is -0.216. The average molecular weight is 347 g/mol. The Labute approximate surface area is 150 Å². The number of piperidine rings is 2. The zero-order valence-corrected chi connectivity index (χ0v) is 15.2. The number of carbonyl (C=O) groups excluding carboxylic acids is 1. The molecule has 1 aromatic rings. The minimum absolute atomic E-state index is 0.0656. The van der Waals surface area contributed by atoms with Crippen molar-refractivity contribution in [3.63, 3.8) is 0 Å². The molecule has 2 aliphatic heterocycles. The second-order valence-electron chi connectivity index (χ2n) is 7.89. The number of rotatable bonds is 5. The Bertz CT molecular complexity index is 569. The number of likely N-dealkylation sites (tertiary alicyclic amines) is 1. The van der Waals surface area contributed by atoms with Crippen molar-refractivity contribution < 1.29 is 9.18 Å². The molecule has 1 aromatic carbocycles. The van der Waals surface area contributed by atoms with Gasteiger partial charge in [-0.2, -0.15) is 0 Å². The lowest BCUT2D eigenvalue weighted by Gasteiger charge is -2.37. The van der Waals surface area contributed by atoms with Gasteiger partial charge in [0.15, 0.2) is 0 Å². The number of hydrogen-bond donors (Lipinski definition) is 2. The fourth-order valence-corrected chi connectivity index (χ4v) is 3.93. The second-order valence-corrected chi connectivity index (χ2v) is 7.89. The van der Waals surface area contributed by atoms with Crippen molar-refractivity contribution >= 4 is 5.91 Å². The van der Waals surface area contributed by atoms with Crippen LogP contribution >= 0.6 is 0 Å². The van der Waals surface area contributed by atoms with E-state index in [1.54, 1.807) is 0 Å². The highest BCUT2D eigenvalue weighted by molar-refractivity contribution is 5.81. The maximum absolute atomic E-state index is 13.1. The number of hydrogen-bond acceptors (Lipinski definition) is 3. The molecule has 1 amide bonds. The van der Waals surface area contributed by atoms with Gasteiger partial charge in [0, 0.05) is 13.1 Å². The smallest absolute Gasteiger partial charge is 0.237 e. The van der Waals surface area contributed by atoms with Crippen LogP contribution in [0.15, 0.2) is 24.3 Å². The normalized spacial score (nSPS) is 24.0. The predicted octanol–water partition coefficient (Wildman–Crippen LogP) is 2.69. The molecular formula is C20H30FN3O. The zero-order chi connectivity index (χ0) is 17.7. The van der Waals surface area contributed by atoms with Crippen LogP contribution in [-0.4, -0.2) is 43.0 Å². The van der Waals surface area contributed by atoms with Gasteiger partial charge in [-0.15, -0.1) is 0 Å². The van der Waals surface area contributed by atoms with E-state index in [0.717, 1.165) is 63.8 Å². The van der Waals surface area contributed by atoms with Crippen LogP contribution in [0, 0.1) is 11.2 Å². The zero-order valence-electron chi connectivity index (χ0n) is 15.2. The van der Waals surface area contributed by atoms with Crippen LogP contribution in [0.2, 0.25) is 0 Å². The fraction of sp³-hybridized carbons (Fsp3) is 0.650. The molecule has 0 aliphatic carbocycles. The van der Waals surface area contributed by atoms with Gasteiger partial charge in [0.1, 0.15) is 5.82 Å². The first-order valence-electron chi connectivity index (χ1n) is 9.53. The fourth-order valence-electron chi connectivity index (χ4n) is 3.93. The van der Waals surface area contributed by atoms with E-state index in [0.29, 0.717) is 6.54 Å². The number of nitrogens with one attached hydrogen (secondary N) is 2. The lowest BCUT2D eigenvalue weighted by molar-refractivity contribution is -0.128. The third kappa shape index (κ3) is 5.02. The van der Waals surface area contributed by atoms with Crippen LogP contribution in [0.1, 0.15) is 44.6 Å². The van der Waals surface area contributed by atoms with Crippen LogP contribution in [0.4, 0.5) is 4.39 Å². The quantitative estimate of drug-likeness (QED) is 0.861. The van der Waals surface area contributed by atoms with Crippen LogP contribution in [0.5, 0.6) is 0 Å². The van der Waals surface area contributed by atoms with E-state index in [2.05, 4.69) is 22.5 Å². The first kappa shape index (κ1) is 18.3. The molecule has 1 unspecified atom stereocenters. The van der Waals surface area contributed by atoms with Crippen molar-refractivity contribution in [2.45, 2.75) is 51.6 Å². The van der Waals surface area contributed by atoms with E-state index in [1.807, 2.05) is 12.1 Å². The second kappa shape index (κ2) is 8.28. The van der Waals surface area contributed by atoms with Gasteiger partial charge in [0.2, 0.25) is 5.91 Å². The molecule has 3 rings (SSSR count). The van der Waals surface area contributed by atoms with Crippen molar-refractivity contribution in [3.05, 3.63) is 35.6 Å². The maximum Gasteiger partial charge on any atom is 0.237 e. The number of amides is 1. The number of benzene rings is 1. The average Bonchev–Trinajstić information content (AvgIpc) is 2.63. The van der Waals surface area contributed by atoms with Crippen molar-refractivity contribution in [2.75, 3.05) is 26.2 Å². The van der Waals surface area contributed by atoms with Crippen molar-refractivity contribution in [2.24, 2.45) is 5.41 Å². The Kier molecular flexibility index (Phi) is 6.07. The van der Waals surface area contributed by atoms with E-state index < -0.39 is 0 Å². The van der Waals surface area contributed by atoms with Gasteiger partial charge in [-0.25, -0.2) is 4.39 Å². The third-order valence-electron chi connectivity index (χ3n) is 5.72. The number of nitrogens with zero attached hydrogens (tertiary/aromatic N) is 1. The Hall–Kier alpha value is -1.46. The molecule has 2 aliphatic rings. The standard InChI is InChI=1S/C20H30FN3O/c1-20(9-11-22-12-10-20)15-23-19(25)18-4-2-3-13-24(18)14-16-5-7-17(21)8-6-16/h5-8,18,22H,2-4,9-15H2,1H3,(H,23,25). The Morgan fingerprint density at radius 2 is 2.00 bits per heavy atom. The van der Waals surface area contributed by atoms with Gasteiger partial charge in [0.25, 0.3) is 0 Å². The summed E-state index contributed by atoms with van der Waals surface area (Å²) in [7, 11) is 0. The van der Waals surface area contributed by atoms with E-state index in [-0.39, 0.29) is 23.2 Å². The number of carbonyl (C=O) groups is 1. The van der Waals surface area contributed by atoms with Crippen LogP contribution < -0.4 is 10.6 Å².